The molecule has 0 radical (unpaired) electrons. The first kappa shape index (κ1) is 31.2. The maximum Gasteiger partial charge on any atom is 0.137 e. The van der Waals surface area contributed by atoms with Crippen molar-refractivity contribution in [3.05, 3.63) is 200 Å². The summed E-state index contributed by atoms with van der Waals surface area (Å²) in [5, 5.41) is 6.99. The highest BCUT2D eigenvalue weighted by Crippen LogP contribution is 2.41. The standard InChI is InChI=1S/C52H33NO2/c1-2-10-36-29-40(20-19-34(36)9-1)35-21-24-42(25-22-35)53(44-26-28-48-46-16-4-6-18-50(46)55-52(48)33-44)43-14-8-13-39(31-43)37-11-7-12-38(30-37)41-23-27-47-45-15-3-5-17-49(45)54-51(47)32-41/h1-33H. The van der Waals surface area contributed by atoms with E-state index in [1.807, 2.05) is 24.3 Å². The van der Waals surface area contributed by atoms with Gasteiger partial charge in [0.25, 0.3) is 0 Å². The molecule has 55 heavy (non-hydrogen) atoms. The molecule has 0 bridgehead atoms. The minimum absolute atomic E-state index is 0.863. The molecule has 0 aliphatic heterocycles. The van der Waals surface area contributed by atoms with Crippen LogP contribution in [0.1, 0.15) is 0 Å². The molecule has 3 heteroatoms. The number of furan rings is 2. The van der Waals surface area contributed by atoms with Crippen molar-refractivity contribution in [1.29, 1.82) is 0 Å². The van der Waals surface area contributed by atoms with Crippen LogP contribution in [0.4, 0.5) is 17.1 Å². The zero-order valence-corrected chi connectivity index (χ0v) is 29.8. The van der Waals surface area contributed by atoms with Crippen molar-refractivity contribution < 1.29 is 8.83 Å². The molecule has 0 atom stereocenters. The van der Waals surface area contributed by atoms with Crippen LogP contribution in [-0.4, -0.2) is 0 Å². The Hall–Kier alpha value is -7.36. The first-order valence-corrected chi connectivity index (χ1v) is 18.6. The molecule has 9 aromatic carbocycles. The van der Waals surface area contributed by atoms with Crippen molar-refractivity contribution in [2.75, 3.05) is 4.90 Å². The SMILES string of the molecule is c1cc(-c2cccc(N(c3ccc(-c4ccc5ccccc5c4)cc3)c3ccc4c(c3)oc3ccccc34)c2)cc(-c2ccc3c(c2)oc2ccccc23)c1. The van der Waals surface area contributed by atoms with Crippen molar-refractivity contribution in [3.63, 3.8) is 0 Å². The summed E-state index contributed by atoms with van der Waals surface area (Å²) in [6.07, 6.45) is 0. The van der Waals surface area contributed by atoms with E-state index in [0.717, 1.165) is 83.2 Å². The number of rotatable bonds is 6. The zero-order chi connectivity index (χ0) is 36.3. The molecular formula is C52H33NO2. The monoisotopic (exact) mass is 703 g/mol. The third kappa shape index (κ3) is 5.45. The van der Waals surface area contributed by atoms with Crippen LogP contribution in [0, 0.1) is 0 Å². The second-order valence-electron chi connectivity index (χ2n) is 14.2. The van der Waals surface area contributed by atoms with Crippen LogP contribution in [0.25, 0.3) is 88.0 Å². The largest absolute Gasteiger partial charge is 0.456 e. The van der Waals surface area contributed by atoms with Gasteiger partial charge in [-0.3, -0.25) is 0 Å². The number of para-hydroxylation sites is 2. The Bertz CT molecular complexity index is 3220. The summed E-state index contributed by atoms with van der Waals surface area (Å²) in [7, 11) is 0. The van der Waals surface area contributed by atoms with Gasteiger partial charge in [-0.25, -0.2) is 0 Å². The second kappa shape index (κ2) is 12.6. The van der Waals surface area contributed by atoms with Gasteiger partial charge in [0.15, 0.2) is 0 Å². The lowest BCUT2D eigenvalue weighted by Gasteiger charge is -2.26. The maximum atomic E-state index is 6.39. The summed E-state index contributed by atoms with van der Waals surface area (Å²) >= 11 is 0. The average molecular weight is 704 g/mol. The summed E-state index contributed by atoms with van der Waals surface area (Å²) < 4.78 is 12.6. The first-order chi connectivity index (χ1) is 27.2. The average Bonchev–Trinajstić information content (AvgIpc) is 3.82. The molecule has 0 saturated heterocycles. The van der Waals surface area contributed by atoms with Crippen molar-refractivity contribution in [2.45, 2.75) is 0 Å². The van der Waals surface area contributed by atoms with Gasteiger partial charge in [-0.1, -0.05) is 121 Å². The minimum atomic E-state index is 0.863. The van der Waals surface area contributed by atoms with E-state index in [1.54, 1.807) is 0 Å². The molecule has 3 nitrogen and oxygen atoms in total. The lowest BCUT2D eigenvalue weighted by Crippen LogP contribution is -2.10. The smallest absolute Gasteiger partial charge is 0.137 e. The van der Waals surface area contributed by atoms with Gasteiger partial charge in [-0.15, -0.1) is 0 Å². The molecule has 0 amide bonds. The predicted octanol–water partition coefficient (Wildman–Crippen LogP) is 15.1. The van der Waals surface area contributed by atoms with Crippen molar-refractivity contribution >= 4 is 71.7 Å². The lowest BCUT2D eigenvalue weighted by atomic mass is 9.97. The third-order valence-corrected chi connectivity index (χ3v) is 10.8. The van der Waals surface area contributed by atoms with Gasteiger partial charge in [0, 0.05) is 44.7 Å². The highest BCUT2D eigenvalue weighted by molar-refractivity contribution is 6.07. The summed E-state index contributed by atoms with van der Waals surface area (Å²) in [6.45, 7) is 0. The topological polar surface area (TPSA) is 29.5 Å². The molecule has 11 rings (SSSR count). The Kier molecular flexibility index (Phi) is 7.17. The highest BCUT2D eigenvalue weighted by Gasteiger charge is 2.17. The van der Waals surface area contributed by atoms with Gasteiger partial charge in [0.05, 0.1) is 0 Å². The van der Waals surface area contributed by atoms with Gasteiger partial charge in [0.1, 0.15) is 22.3 Å². The molecule has 0 spiro atoms. The fraction of sp³-hybridized carbons (Fsp3) is 0. The molecule has 0 fully saturated rings. The molecular weight excluding hydrogens is 671 g/mol. The van der Waals surface area contributed by atoms with E-state index >= 15 is 0 Å². The maximum absolute atomic E-state index is 6.39. The predicted molar refractivity (Wildman–Crippen MR) is 229 cm³/mol. The van der Waals surface area contributed by atoms with Crippen molar-refractivity contribution in [2.24, 2.45) is 0 Å². The van der Waals surface area contributed by atoms with Crippen LogP contribution in [-0.2, 0) is 0 Å². The molecule has 0 saturated carbocycles. The molecule has 0 unspecified atom stereocenters. The molecule has 258 valence electrons. The van der Waals surface area contributed by atoms with Crippen LogP contribution < -0.4 is 4.90 Å². The molecule has 2 heterocycles. The number of hydrogen-bond donors (Lipinski definition) is 0. The Morgan fingerprint density at radius 3 is 1.49 bits per heavy atom. The summed E-state index contributed by atoms with van der Waals surface area (Å²) in [4.78, 5) is 2.32. The number of benzene rings is 9. The number of nitrogens with zero attached hydrogens (tertiary/aromatic N) is 1. The van der Waals surface area contributed by atoms with E-state index in [4.69, 9.17) is 8.83 Å². The lowest BCUT2D eigenvalue weighted by molar-refractivity contribution is 0.668. The van der Waals surface area contributed by atoms with Gasteiger partial charge < -0.3 is 13.7 Å². The van der Waals surface area contributed by atoms with Gasteiger partial charge in [0.2, 0.25) is 0 Å². The van der Waals surface area contributed by atoms with E-state index in [-0.39, 0.29) is 0 Å². The molecule has 0 N–H and O–H groups in total. The van der Waals surface area contributed by atoms with E-state index in [9.17, 15) is 0 Å². The fourth-order valence-electron chi connectivity index (χ4n) is 8.08. The molecule has 2 aromatic heterocycles. The van der Waals surface area contributed by atoms with Crippen molar-refractivity contribution in [3.8, 4) is 33.4 Å². The van der Waals surface area contributed by atoms with E-state index in [1.165, 1.54) is 21.9 Å². The summed E-state index contributed by atoms with van der Waals surface area (Å²) in [6, 6.07) is 71.1. The van der Waals surface area contributed by atoms with Gasteiger partial charge >= 0.3 is 0 Å². The Labute approximate surface area is 317 Å². The normalized spacial score (nSPS) is 11.6. The number of fused-ring (bicyclic) bond motifs is 7. The number of anilines is 3. The van der Waals surface area contributed by atoms with Crippen LogP contribution in [0.3, 0.4) is 0 Å². The third-order valence-electron chi connectivity index (χ3n) is 10.8. The van der Waals surface area contributed by atoms with Crippen LogP contribution in [0.2, 0.25) is 0 Å². The van der Waals surface area contributed by atoms with Crippen LogP contribution in [0.5, 0.6) is 0 Å². The van der Waals surface area contributed by atoms with Crippen LogP contribution in [0.15, 0.2) is 209 Å². The second-order valence-corrected chi connectivity index (χ2v) is 14.2. The molecule has 11 aromatic rings. The van der Waals surface area contributed by atoms with E-state index < -0.39 is 0 Å². The summed E-state index contributed by atoms with van der Waals surface area (Å²) in [5.74, 6) is 0. The molecule has 0 aliphatic carbocycles. The Balaban J connectivity index is 0.999. The van der Waals surface area contributed by atoms with Crippen molar-refractivity contribution in [1.82, 2.24) is 0 Å². The summed E-state index contributed by atoms with van der Waals surface area (Å²) in [5.41, 5.74) is 13.6. The van der Waals surface area contributed by atoms with E-state index in [2.05, 4.69) is 181 Å². The fourth-order valence-corrected chi connectivity index (χ4v) is 8.08. The van der Waals surface area contributed by atoms with E-state index in [0.29, 0.717) is 0 Å². The first-order valence-electron chi connectivity index (χ1n) is 18.6. The van der Waals surface area contributed by atoms with Gasteiger partial charge in [-0.2, -0.15) is 0 Å². The number of hydrogen-bond acceptors (Lipinski definition) is 3. The molecule has 0 aliphatic rings. The van der Waals surface area contributed by atoms with Gasteiger partial charge in [-0.05, 0) is 117 Å². The Morgan fingerprint density at radius 2 is 0.745 bits per heavy atom. The quantitative estimate of drug-likeness (QED) is 0.173. The zero-order valence-electron chi connectivity index (χ0n) is 29.8. The van der Waals surface area contributed by atoms with Crippen LogP contribution >= 0.6 is 0 Å². The highest BCUT2D eigenvalue weighted by atomic mass is 16.3. The minimum Gasteiger partial charge on any atom is -0.456 e. The Morgan fingerprint density at radius 1 is 0.255 bits per heavy atom.